The van der Waals surface area contributed by atoms with Gasteiger partial charge < -0.3 is 19.6 Å². The van der Waals surface area contributed by atoms with Gasteiger partial charge in [0.2, 0.25) is 12.7 Å². The van der Waals surface area contributed by atoms with Gasteiger partial charge in [0.15, 0.2) is 11.5 Å². The zero-order valence-corrected chi connectivity index (χ0v) is 21.3. The standard InChI is InChI=1S/C29H22ClN3O6/c30-18-7-8-20-19(13-18)27(16-4-2-1-3-5-16)28(29(37)31-20)21-14-22(33(32-21)25(34)10-11-26(35)36)17-6-9-23-24(12-17)39-15-38-23/h1-9,12-13,22H,10-11,14-15H2,(H,31,37)(H,35,36)/t22-/m1/s1. The number of nitrogens with zero attached hydrogens (tertiary/aromatic N) is 2. The molecule has 2 aliphatic heterocycles. The van der Waals surface area contributed by atoms with Gasteiger partial charge in [-0.3, -0.25) is 14.4 Å². The molecule has 1 atom stereocenters. The van der Waals surface area contributed by atoms with Gasteiger partial charge in [0, 0.05) is 34.3 Å². The van der Waals surface area contributed by atoms with E-state index in [1.165, 1.54) is 5.01 Å². The van der Waals surface area contributed by atoms with Crippen molar-refractivity contribution in [3.8, 4) is 22.6 Å². The summed E-state index contributed by atoms with van der Waals surface area (Å²) in [6.07, 6.45) is -0.339. The number of aliphatic carboxylic acids is 1. The van der Waals surface area contributed by atoms with E-state index in [1.54, 1.807) is 30.3 Å². The molecule has 0 saturated heterocycles. The Morgan fingerprint density at radius 2 is 1.79 bits per heavy atom. The van der Waals surface area contributed by atoms with E-state index in [-0.39, 0.29) is 31.6 Å². The number of aromatic nitrogens is 1. The fraction of sp³-hybridized carbons (Fsp3) is 0.172. The number of ether oxygens (including phenoxy) is 2. The van der Waals surface area contributed by atoms with Crippen molar-refractivity contribution in [3.63, 3.8) is 0 Å². The zero-order valence-electron chi connectivity index (χ0n) is 20.5. The van der Waals surface area contributed by atoms with E-state index < -0.39 is 17.9 Å². The lowest BCUT2D eigenvalue weighted by atomic mass is 9.91. The smallest absolute Gasteiger partial charge is 0.303 e. The van der Waals surface area contributed by atoms with Gasteiger partial charge in [0.25, 0.3) is 5.56 Å². The molecular formula is C29H22ClN3O6. The van der Waals surface area contributed by atoms with E-state index in [0.29, 0.717) is 38.9 Å². The number of carboxylic acid groups (broad SMARTS) is 1. The van der Waals surface area contributed by atoms with Crippen molar-refractivity contribution in [3.05, 3.63) is 93.2 Å². The summed E-state index contributed by atoms with van der Waals surface area (Å²) in [7, 11) is 0. The monoisotopic (exact) mass is 543 g/mol. The summed E-state index contributed by atoms with van der Waals surface area (Å²) in [5.74, 6) is -0.407. The van der Waals surface area contributed by atoms with Gasteiger partial charge in [-0.2, -0.15) is 5.10 Å². The van der Waals surface area contributed by atoms with E-state index in [0.717, 1.165) is 16.5 Å². The number of amides is 1. The summed E-state index contributed by atoms with van der Waals surface area (Å²) in [6.45, 7) is 0.0991. The Kier molecular flexibility index (Phi) is 6.28. The molecule has 3 heterocycles. The number of rotatable bonds is 6. The molecule has 0 bridgehead atoms. The molecule has 39 heavy (non-hydrogen) atoms. The highest BCUT2D eigenvalue weighted by Crippen LogP contribution is 2.41. The van der Waals surface area contributed by atoms with E-state index in [2.05, 4.69) is 10.1 Å². The molecule has 0 radical (unpaired) electrons. The first-order valence-corrected chi connectivity index (χ1v) is 12.7. The second-order valence-electron chi connectivity index (χ2n) is 9.27. The normalized spacial score (nSPS) is 16.0. The Bertz CT molecular complexity index is 1720. The second kappa shape index (κ2) is 9.92. The maximum Gasteiger partial charge on any atom is 0.303 e. The topological polar surface area (TPSA) is 121 Å². The molecule has 0 aliphatic carbocycles. The zero-order chi connectivity index (χ0) is 27.1. The van der Waals surface area contributed by atoms with Crippen molar-refractivity contribution in [2.45, 2.75) is 25.3 Å². The van der Waals surface area contributed by atoms with Gasteiger partial charge in [-0.05, 0) is 41.5 Å². The Hall–Kier alpha value is -4.63. The lowest BCUT2D eigenvalue weighted by molar-refractivity contribution is -0.141. The molecule has 196 valence electrons. The number of carboxylic acids is 1. The highest BCUT2D eigenvalue weighted by Gasteiger charge is 2.36. The van der Waals surface area contributed by atoms with Crippen LogP contribution >= 0.6 is 11.6 Å². The van der Waals surface area contributed by atoms with Gasteiger partial charge in [0.05, 0.1) is 23.7 Å². The minimum atomic E-state index is -1.08. The van der Waals surface area contributed by atoms with Gasteiger partial charge in [-0.25, -0.2) is 5.01 Å². The number of carbonyl (C=O) groups is 2. The summed E-state index contributed by atoms with van der Waals surface area (Å²) in [4.78, 5) is 41.0. The molecule has 1 amide bonds. The first-order chi connectivity index (χ1) is 18.9. The number of fused-ring (bicyclic) bond motifs is 2. The van der Waals surface area contributed by atoms with Crippen LogP contribution in [0.2, 0.25) is 5.02 Å². The SMILES string of the molecule is O=C(O)CCC(=O)N1N=C(c2c(-c3ccccc3)c3cc(Cl)ccc3[nH]c2=O)C[C@@H]1c1ccc2c(c1)OCO2. The van der Waals surface area contributed by atoms with E-state index in [1.807, 2.05) is 36.4 Å². The highest BCUT2D eigenvalue weighted by atomic mass is 35.5. The summed E-state index contributed by atoms with van der Waals surface area (Å²) >= 11 is 6.36. The Morgan fingerprint density at radius 3 is 2.59 bits per heavy atom. The third kappa shape index (κ3) is 4.61. The Balaban J connectivity index is 1.51. The number of hydrogen-bond acceptors (Lipinski definition) is 6. The summed E-state index contributed by atoms with van der Waals surface area (Å²) < 4.78 is 11.0. The number of benzene rings is 3. The summed E-state index contributed by atoms with van der Waals surface area (Å²) in [5.41, 5.74) is 3.17. The fourth-order valence-electron chi connectivity index (χ4n) is 5.05. The van der Waals surface area contributed by atoms with Crippen LogP contribution in [0.25, 0.3) is 22.0 Å². The molecule has 3 aromatic carbocycles. The number of pyridine rings is 1. The Morgan fingerprint density at radius 1 is 1.00 bits per heavy atom. The molecular weight excluding hydrogens is 522 g/mol. The van der Waals surface area contributed by atoms with Crippen LogP contribution in [-0.4, -0.2) is 39.5 Å². The molecule has 0 saturated carbocycles. The molecule has 2 aliphatic rings. The van der Waals surface area contributed by atoms with Crippen LogP contribution in [0.4, 0.5) is 0 Å². The third-order valence-electron chi connectivity index (χ3n) is 6.83. The summed E-state index contributed by atoms with van der Waals surface area (Å²) in [5, 5.41) is 16.3. The maximum atomic E-state index is 13.6. The van der Waals surface area contributed by atoms with Crippen molar-refractivity contribution < 1.29 is 24.2 Å². The van der Waals surface area contributed by atoms with Gasteiger partial charge in [-0.15, -0.1) is 0 Å². The maximum absolute atomic E-state index is 13.6. The molecule has 2 N–H and O–H groups in total. The molecule has 4 aromatic rings. The molecule has 0 spiro atoms. The van der Waals surface area contributed by atoms with Crippen molar-refractivity contribution in [2.75, 3.05) is 6.79 Å². The van der Waals surface area contributed by atoms with Crippen LogP contribution in [0.15, 0.2) is 76.6 Å². The van der Waals surface area contributed by atoms with Crippen LogP contribution in [0.3, 0.4) is 0 Å². The van der Waals surface area contributed by atoms with Crippen molar-refractivity contribution >= 4 is 40.1 Å². The molecule has 6 rings (SSSR count). The van der Waals surface area contributed by atoms with Crippen LogP contribution in [-0.2, 0) is 9.59 Å². The number of nitrogens with one attached hydrogen (secondary N) is 1. The van der Waals surface area contributed by atoms with Gasteiger partial charge >= 0.3 is 5.97 Å². The molecule has 0 unspecified atom stereocenters. The van der Waals surface area contributed by atoms with Gasteiger partial charge in [0.1, 0.15) is 0 Å². The van der Waals surface area contributed by atoms with Crippen LogP contribution in [0, 0.1) is 0 Å². The first kappa shape index (κ1) is 24.7. The Labute approximate surface area is 227 Å². The van der Waals surface area contributed by atoms with Crippen molar-refractivity contribution in [1.82, 2.24) is 9.99 Å². The molecule has 1 aromatic heterocycles. The minimum absolute atomic E-state index is 0.0991. The predicted molar refractivity (Wildman–Crippen MR) is 145 cm³/mol. The van der Waals surface area contributed by atoms with Gasteiger partial charge in [-0.1, -0.05) is 48.0 Å². The highest BCUT2D eigenvalue weighted by molar-refractivity contribution is 6.31. The number of aromatic amines is 1. The number of halogens is 1. The quantitative estimate of drug-likeness (QED) is 0.348. The molecule has 9 nitrogen and oxygen atoms in total. The predicted octanol–water partition coefficient (Wildman–Crippen LogP) is 5.12. The number of hydrazone groups is 1. The number of hydrogen-bond donors (Lipinski definition) is 2. The van der Waals surface area contributed by atoms with Crippen LogP contribution < -0.4 is 15.0 Å². The van der Waals surface area contributed by atoms with Crippen LogP contribution in [0.1, 0.15) is 36.4 Å². The minimum Gasteiger partial charge on any atom is -0.481 e. The van der Waals surface area contributed by atoms with Crippen molar-refractivity contribution in [1.29, 1.82) is 0 Å². The number of H-pyrrole nitrogens is 1. The lowest BCUT2D eigenvalue weighted by Gasteiger charge is -2.22. The largest absolute Gasteiger partial charge is 0.481 e. The fourth-order valence-corrected chi connectivity index (χ4v) is 5.22. The third-order valence-corrected chi connectivity index (χ3v) is 7.06. The average Bonchev–Trinajstić information content (AvgIpc) is 3.59. The van der Waals surface area contributed by atoms with E-state index in [9.17, 15) is 14.4 Å². The lowest BCUT2D eigenvalue weighted by Crippen LogP contribution is -2.27. The van der Waals surface area contributed by atoms with E-state index in [4.69, 9.17) is 26.2 Å². The summed E-state index contributed by atoms with van der Waals surface area (Å²) in [6, 6.07) is 19.5. The number of carbonyl (C=O) groups excluding carboxylic acids is 1. The van der Waals surface area contributed by atoms with Crippen LogP contribution in [0.5, 0.6) is 11.5 Å². The second-order valence-corrected chi connectivity index (χ2v) is 9.71. The first-order valence-electron chi connectivity index (χ1n) is 12.3. The molecule has 10 heteroatoms. The van der Waals surface area contributed by atoms with Crippen molar-refractivity contribution in [2.24, 2.45) is 5.10 Å². The van der Waals surface area contributed by atoms with E-state index >= 15 is 0 Å². The molecule has 0 fully saturated rings. The average molecular weight is 544 g/mol.